The molecule has 0 atom stereocenters. The van der Waals surface area contributed by atoms with Crippen LogP contribution in [0.25, 0.3) is 21.3 Å². The number of anilines is 1. The number of hydrogen-bond donors (Lipinski definition) is 1. The molecule has 0 bridgehead atoms. The molecule has 108 valence electrons. The van der Waals surface area contributed by atoms with E-state index in [9.17, 15) is 4.79 Å². The second-order valence-electron chi connectivity index (χ2n) is 4.60. The Bertz CT molecular complexity index is 1010. The monoisotopic (exact) mass is 373 g/mol. The number of carbonyl (C=O) groups is 1. The van der Waals surface area contributed by atoms with Gasteiger partial charge >= 0.3 is 6.01 Å². The van der Waals surface area contributed by atoms with Crippen LogP contribution in [0.5, 0.6) is 0 Å². The summed E-state index contributed by atoms with van der Waals surface area (Å²) in [5, 5.41) is 2.67. The van der Waals surface area contributed by atoms with E-state index in [1.165, 1.54) is 11.3 Å². The zero-order valence-electron chi connectivity index (χ0n) is 11.0. The fraction of sp³-hybridized carbons (Fsp3) is 0. The summed E-state index contributed by atoms with van der Waals surface area (Å²) in [5.74, 6) is -0.276. The van der Waals surface area contributed by atoms with E-state index in [0.29, 0.717) is 16.7 Å². The van der Waals surface area contributed by atoms with Crippen LogP contribution < -0.4 is 5.32 Å². The molecule has 0 fully saturated rings. The van der Waals surface area contributed by atoms with Crippen LogP contribution in [0, 0.1) is 0 Å². The molecule has 1 amide bonds. The number of amides is 1. The number of rotatable bonds is 2. The summed E-state index contributed by atoms with van der Waals surface area (Å²) in [7, 11) is 0. The number of nitrogens with one attached hydrogen (secondary N) is 1. The standard InChI is InChI=1S/C15H8BrN3O2S/c16-9-3-1-2-8(6-9)14(20)19-15-18-10-4-5-11-12(13(10)21-15)17-7-22-11/h1-7H,(H,18,19,20). The number of fused-ring (bicyclic) bond motifs is 3. The van der Waals surface area contributed by atoms with Crippen molar-refractivity contribution < 1.29 is 9.21 Å². The van der Waals surface area contributed by atoms with Gasteiger partial charge in [-0.05, 0) is 30.3 Å². The van der Waals surface area contributed by atoms with E-state index in [2.05, 4.69) is 31.2 Å². The van der Waals surface area contributed by atoms with Gasteiger partial charge in [0, 0.05) is 10.0 Å². The third-order valence-corrected chi connectivity index (χ3v) is 4.45. The van der Waals surface area contributed by atoms with Gasteiger partial charge in [0.25, 0.3) is 5.91 Å². The maximum Gasteiger partial charge on any atom is 0.302 e. The molecule has 0 saturated heterocycles. The summed E-state index contributed by atoms with van der Waals surface area (Å²) in [6.07, 6.45) is 0. The first kappa shape index (κ1) is 13.4. The van der Waals surface area contributed by atoms with E-state index in [1.807, 2.05) is 18.2 Å². The zero-order valence-corrected chi connectivity index (χ0v) is 13.4. The van der Waals surface area contributed by atoms with Crippen molar-refractivity contribution in [1.29, 1.82) is 0 Å². The van der Waals surface area contributed by atoms with Gasteiger partial charge in [-0.15, -0.1) is 11.3 Å². The first-order valence-electron chi connectivity index (χ1n) is 6.40. The van der Waals surface area contributed by atoms with E-state index in [-0.39, 0.29) is 11.9 Å². The van der Waals surface area contributed by atoms with E-state index >= 15 is 0 Å². The molecule has 4 aromatic rings. The highest BCUT2D eigenvalue weighted by Gasteiger charge is 2.14. The molecule has 4 rings (SSSR count). The fourth-order valence-electron chi connectivity index (χ4n) is 2.17. The molecule has 0 spiro atoms. The summed E-state index contributed by atoms with van der Waals surface area (Å²) < 4.78 is 7.51. The van der Waals surface area contributed by atoms with Crippen LogP contribution in [-0.4, -0.2) is 15.9 Å². The van der Waals surface area contributed by atoms with Crippen LogP contribution in [0.2, 0.25) is 0 Å². The van der Waals surface area contributed by atoms with Gasteiger partial charge < -0.3 is 4.42 Å². The number of aromatic nitrogens is 2. The summed E-state index contributed by atoms with van der Waals surface area (Å²) >= 11 is 4.87. The minimum atomic E-state index is -0.276. The lowest BCUT2D eigenvalue weighted by Crippen LogP contribution is -2.11. The lowest BCUT2D eigenvalue weighted by atomic mass is 10.2. The van der Waals surface area contributed by atoms with Crippen molar-refractivity contribution in [3.05, 3.63) is 51.9 Å². The van der Waals surface area contributed by atoms with Crippen LogP contribution >= 0.6 is 27.3 Å². The van der Waals surface area contributed by atoms with Crippen LogP contribution in [-0.2, 0) is 0 Å². The maximum absolute atomic E-state index is 12.2. The molecule has 0 aliphatic carbocycles. The molecule has 0 aliphatic rings. The molecule has 2 aromatic carbocycles. The second kappa shape index (κ2) is 5.19. The SMILES string of the molecule is O=C(Nc1nc2ccc3scnc3c2o1)c1cccc(Br)c1. The zero-order chi connectivity index (χ0) is 15.1. The van der Waals surface area contributed by atoms with Crippen molar-refractivity contribution in [3.63, 3.8) is 0 Å². The highest BCUT2D eigenvalue weighted by Crippen LogP contribution is 2.29. The van der Waals surface area contributed by atoms with Gasteiger partial charge in [-0.1, -0.05) is 22.0 Å². The molecule has 0 saturated carbocycles. The number of halogens is 1. The van der Waals surface area contributed by atoms with E-state index < -0.39 is 0 Å². The molecule has 2 heterocycles. The number of oxazole rings is 1. The van der Waals surface area contributed by atoms with Gasteiger partial charge in [0.15, 0.2) is 5.58 Å². The second-order valence-corrected chi connectivity index (χ2v) is 6.40. The number of nitrogens with zero attached hydrogens (tertiary/aromatic N) is 2. The normalized spacial score (nSPS) is 11.1. The Kier molecular flexibility index (Phi) is 3.16. The largest absolute Gasteiger partial charge is 0.421 e. The first-order chi connectivity index (χ1) is 10.7. The number of carbonyl (C=O) groups excluding carboxylic acids is 1. The van der Waals surface area contributed by atoms with E-state index in [1.54, 1.807) is 23.7 Å². The quantitative estimate of drug-likeness (QED) is 0.563. The first-order valence-corrected chi connectivity index (χ1v) is 8.07. The summed E-state index contributed by atoms with van der Waals surface area (Å²) in [6.45, 7) is 0. The van der Waals surface area contributed by atoms with Gasteiger partial charge in [-0.3, -0.25) is 10.1 Å². The van der Waals surface area contributed by atoms with Crippen molar-refractivity contribution in [3.8, 4) is 0 Å². The molecule has 2 aromatic heterocycles. The van der Waals surface area contributed by atoms with Crippen molar-refractivity contribution in [2.24, 2.45) is 0 Å². The minimum absolute atomic E-state index is 0.167. The van der Waals surface area contributed by atoms with Crippen LogP contribution in [0.3, 0.4) is 0 Å². The Morgan fingerprint density at radius 2 is 2.18 bits per heavy atom. The van der Waals surface area contributed by atoms with Gasteiger partial charge in [0.05, 0.1) is 10.2 Å². The third-order valence-electron chi connectivity index (χ3n) is 3.16. The summed E-state index contributed by atoms with van der Waals surface area (Å²) in [4.78, 5) is 20.8. The van der Waals surface area contributed by atoms with E-state index in [4.69, 9.17) is 4.42 Å². The molecule has 0 radical (unpaired) electrons. The molecular formula is C15H8BrN3O2S. The predicted octanol–water partition coefficient (Wildman–Crippen LogP) is 4.45. The highest BCUT2D eigenvalue weighted by molar-refractivity contribution is 9.10. The topological polar surface area (TPSA) is 68.0 Å². The Morgan fingerprint density at radius 3 is 3.05 bits per heavy atom. The summed E-state index contributed by atoms with van der Waals surface area (Å²) in [6, 6.07) is 11.1. The average Bonchev–Trinajstić information content (AvgIpc) is 3.11. The Balaban J connectivity index is 1.71. The lowest BCUT2D eigenvalue weighted by Gasteiger charge is -2.00. The molecule has 0 unspecified atom stereocenters. The van der Waals surface area contributed by atoms with E-state index in [0.717, 1.165) is 14.7 Å². The molecule has 5 nitrogen and oxygen atoms in total. The van der Waals surface area contributed by atoms with Crippen LogP contribution in [0.4, 0.5) is 6.01 Å². The van der Waals surface area contributed by atoms with Crippen molar-refractivity contribution >= 4 is 60.5 Å². The summed E-state index contributed by atoms with van der Waals surface area (Å²) in [5.41, 5.74) is 4.30. The lowest BCUT2D eigenvalue weighted by molar-refractivity contribution is 0.102. The van der Waals surface area contributed by atoms with Crippen molar-refractivity contribution in [1.82, 2.24) is 9.97 Å². The average molecular weight is 374 g/mol. The molecule has 1 N–H and O–H groups in total. The Morgan fingerprint density at radius 1 is 1.27 bits per heavy atom. The number of hydrogen-bond acceptors (Lipinski definition) is 5. The van der Waals surface area contributed by atoms with Crippen molar-refractivity contribution in [2.45, 2.75) is 0 Å². The molecule has 22 heavy (non-hydrogen) atoms. The number of benzene rings is 2. The van der Waals surface area contributed by atoms with Crippen LogP contribution in [0.1, 0.15) is 10.4 Å². The number of thiazole rings is 1. The van der Waals surface area contributed by atoms with Gasteiger partial charge in [-0.25, -0.2) is 4.98 Å². The van der Waals surface area contributed by atoms with Crippen molar-refractivity contribution in [2.75, 3.05) is 5.32 Å². The van der Waals surface area contributed by atoms with Crippen LogP contribution in [0.15, 0.2) is 50.8 Å². The molecule has 0 aliphatic heterocycles. The van der Waals surface area contributed by atoms with Gasteiger partial charge in [0.1, 0.15) is 11.0 Å². The predicted molar refractivity (Wildman–Crippen MR) is 89.3 cm³/mol. The smallest absolute Gasteiger partial charge is 0.302 e. The fourth-order valence-corrected chi connectivity index (χ4v) is 3.24. The highest BCUT2D eigenvalue weighted by atomic mass is 79.9. The maximum atomic E-state index is 12.2. The third kappa shape index (κ3) is 2.28. The van der Waals surface area contributed by atoms with Gasteiger partial charge in [-0.2, -0.15) is 4.98 Å². The molecular weight excluding hydrogens is 366 g/mol. The Labute approximate surface area is 137 Å². The van der Waals surface area contributed by atoms with Gasteiger partial charge in [0.2, 0.25) is 0 Å². The minimum Gasteiger partial charge on any atom is -0.421 e. The Hall–Kier alpha value is -2.25. The molecule has 7 heteroatoms.